The van der Waals surface area contributed by atoms with Crippen LogP contribution in [0.2, 0.25) is 5.02 Å². The van der Waals surface area contributed by atoms with Crippen LogP contribution in [0.25, 0.3) is 0 Å². The van der Waals surface area contributed by atoms with Gasteiger partial charge in [0.25, 0.3) is 0 Å². The number of hydrogen-bond donors (Lipinski definition) is 0. The van der Waals surface area contributed by atoms with Gasteiger partial charge in [-0.25, -0.2) is 0 Å². The van der Waals surface area contributed by atoms with Crippen LogP contribution in [-0.2, 0) is 12.3 Å². The molecule has 0 fully saturated rings. The standard InChI is InChI=1S/C15H14Cl2O/c1-2-11-5-3-4-6-15(11)18-13-8-7-12(10-16)14(17)9-13/h3-9H,2,10H2,1H3. The van der Waals surface area contributed by atoms with E-state index in [-0.39, 0.29) is 0 Å². The Morgan fingerprint density at radius 2 is 1.83 bits per heavy atom. The molecule has 0 aromatic heterocycles. The fraction of sp³-hybridized carbons (Fsp3) is 0.200. The molecule has 0 amide bonds. The molecule has 18 heavy (non-hydrogen) atoms. The number of para-hydroxylation sites is 1. The Morgan fingerprint density at radius 3 is 2.50 bits per heavy atom. The molecule has 1 nitrogen and oxygen atoms in total. The maximum atomic E-state index is 6.10. The zero-order valence-corrected chi connectivity index (χ0v) is 11.6. The van der Waals surface area contributed by atoms with Crippen LogP contribution in [0.4, 0.5) is 0 Å². The average molecular weight is 281 g/mol. The number of hydrogen-bond acceptors (Lipinski definition) is 1. The second-order valence-electron chi connectivity index (χ2n) is 3.95. The van der Waals surface area contributed by atoms with E-state index in [9.17, 15) is 0 Å². The van der Waals surface area contributed by atoms with E-state index in [1.165, 1.54) is 5.56 Å². The lowest BCUT2D eigenvalue weighted by Gasteiger charge is -2.10. The van der Waals surface area contributed by atoms with Crippen molar-refractivity contribution in [1.82, 2.24) is 0 Å². The van der Waals surface area contributed by atoms with Gasteiger partial charge in [-0.1, -0.05) is 42.8 Å². The molecule has 0 aliphatic carbocycles. The van der Waals surface area contributed by atoms with Gasteiger partial charge in [0.1, 0.15) is 11.5 Å². The van der Waals surface area contributed by atoms with Crippen molar-refractivity contribution in [3.63, 3.8) is 0 Å². The first-order valence-corrected chi connectivity index (χ1v) is 6.76. The van der Waals surface area contributed by atoms with Crippen molar-refractivity contribution in [3.8, 4) is 11.5 Å². The van der Waals surface area contributed by atoms with Crippen LogP contribution in [0.5, 0.6) is 11.5 Å². The molecule has 0 saturated carbocycles. The minimum absolute atomic E-state index is 0.407. The predicted octanol–water partition coefficient (Wildman–Crippen LogP) is 5.43. The highest BCUT2D eigenvalue weighted by Gasteiger charge is 2.05. The van der Waals surface area contributed by atoms with Crippen LogP contribution in [0.15, 0.2) is 42.5 Å². The summed E-state index contributed by atoms with van der Waals surface area (Å²) in [6.07, 6.45) is 0.934. The Labute approximate surface area is 117 Å². The Bertz CT molecular complexity index is 538. The summed E-state index contributed by atoms with van der Waals surface area (Å²) < 4.78 is 5.85. The lowest BCUT2D eigenvalue weighted by atomic mass is 10.1. The second-order valence-corrected chi connectivity index (χ2v) is 4.62. The first-order chi connectivity index (χ1) is 8.74. The van der Waals surface area contributed by atoms with Gasteiger partial charge in [-0.05, 0) is 35.7 Å². The molecule has 0 saturated heterocycles. The van der Waals surface area contributed by atoms with Crippen LogP contribution in [0.3, 0.4) is 0 Å². The van der Waals surface area contributed by atoms with Gasteiger partial charge in [-0.2, -0.15) is 0 Å². The minimum atomic E-state index is 0.407. The van der Waals surface area contributed by atoms with Crippen molar-refractivity contribution in [2.45, 2.75) is 19.2 Å². The van der Waals surface area contributed by atoms with Gasteiger partial charge >= 0.3 is 0 Å². The molecule has 0 radical (unpaired) electrons. The van der Waals surface area contributed by atoms with Crippen molar-refractivity contribution in [2.24, 2.45) is 0 Å². The van der Waals surface area contributed by atoms with E-state index in [1.807, 2.05) is 30.3 Å². The minimum Gasteiger partial charge on any atom is -0.457 e. The summed E-state index contributed by atoms with van der Waals surface area (Å²) in [7, 11) is 0. The van der Waals surface area contributed by atoms with Gasteiger partial charge in [0.2, 0.25) is 0 Å². The monoisotopic (exact) mass is 280 g/mol. The number of aryl methyl sites for hydroxylation is 1. The lowest BCUT2D eigenvalue weighted by Crippen LogP contribution is -1.90. The molecule has 3 heteroatoms. The van der Waals surface area contributed by atoms with Crippen LogP contribution >= 0.6 is 23.2 Å². The molecule has 0 N–H and O–H groups in total. The van der Waals surface area contributed by atoms with Gasteiger partial charge in [0, 0.05) is 10.9 Å². The van der Waals surface area contributed by atoms with E-state index in [0.717, 1.165) is 23.5 Å². The number of ether oxygens (including phenoxy) is 1. The van der Waals surface area contributed by atoms with Crippen LogP contribution < -0.4 is 4.74 Å². The Morgan fingerprint density at radius 1 is 1.06 bits per heavy atom. The van der Waals surface area contributed by atoms with E-state index < -0.39 is 0 Å². The average Bonchev–Trinajstić information content (AvgIpc) is 2.39. The summed E-state index contributed by atoms with van der Waals surface area (Å²) in [6.45, 7) is 2.10. The third-order valence-electron chi connectivity index (χ3n) is 2.75. The van der Waals surface area contributed by atoms with Crippen molar-refractivity contribution >= 4 is 23.2 Å². The molecule has 2 rings (SSSR count). The Balaban J connectivity index is 2.26. The topological polar surface area (TPSA) is 9.23 Å². The fourth-order valence-corrected chi connectivity index (χ4v) is 2.26. The van der Waals surface area contributed by atoms with E-state index >= 15 is 0 Å². The summed E-state index contributed by atoms with van der Waals surface area (Å²) >= 11 is 11.9. The Hall–Kier alpha value is -1.18. The molecular weight excluding hydrogens is 267 g/mol. The van der Waals surface area contributed by atoms with Gasteiger partial charge in [0.05, 0.1) is 0 Å². The molecule has 94 valence electrons. The number of halogens is 2. The third kappa shape index (κ3) is 2.98. The fourth-order valence-electron chi connectivity index (χ4n) is 1.72. The van der Waals surface area contributed by atoms with Gasteiger partial charge in [-0.15, -0.1) is 11.6 Å². The summed E-state index contributed by atoms with van der Waals surface area (Å²) in [6, 6.07) is 13.6. The maximum absolute atomic E-state index is 6.10. The molecule has 2 aromatic carbocycles. The SMILES string of the molecule is CCc1ccccc1Oc1ccc(CCl)c(Cl)c1. The molecular formula is C15H14Cl2O. The lowest BCUT2D eigenvalue weighted by molar-refractivity contribution is 0.477. The Kier molecular flexibility index (Phi) is 4.51. The van der Waals surface area contributed by atoms with Gasteiger partial charge < -0.3 is 4.74 Å². The van der Waals surface area contributed by atoms with Crippen LogP contribution in [0.1, 0.15) is 18.1 Å². The third-order valence-corrected chi connectivity index (χ3v) is 3.39. The number of alkyl halides is 1. The molecule has 0 heterocycles. The smallest absolute Gasteiger partial charge is 0.130 e. The first kappa shape index (κ1) is 13.3. The first-order valence-electron chi connectivity index (χ1n) is 5.84. The summed E-state index contributed by atoms with van der Waals surface area (Å²) in [5.41, 5.74) is 2.09. The largest absolute Gasteiger partial charge is 0.457 e. The van der Waals surface area contributed by atoms with Crippen molar-refractivity contribution < 1.29 is 4.74 Å². The molecule has 0 aliphatic heterocycles. The summed E-state index contributed by atoms with van der Waals surface area (Å²) in [4.78, 5) is 0. The number of rotatable bonds is 4. The highest BCUT2D eigenvalue weighted by molar-refractivity contribution is 6.32. The summed E-state index contributed by atoms with van der Waals surface area (Å²) in [5.74, 6) is 2.01. The second kappa shape index (κ2) is 6.12. The van der Waals surface area contributed by atoms with E-state index in [0.29, 0.717) is 10.9 Å². The van der Waals surface area contributed by atoms with Crippen LogP contribution in [0, 0.1) is 0 Å². The predicted molar refractivity (Wildman–Crippen MR) is 76.9 cm³/mol. The molecule has 0 spiro atoms. The zero-order chi connectivity index (χ0) is 13.0. The van der Waals surface area contributed by atoms with E-state index in [1.54, 1.807) is 6.07 Å². The molecule has 0 atom stereocenters. The maximum Gasteiger partial charge on any atom is 0.130 e. The van der Waals surface area contributed by atoms with Crippen molar-refractivity contribution in [2.75, 3.05) is 0 Å². The number of benzene rings is 2. The molecule has 0 aliphatic rings. The van der Waals surface area contributed by atoms with Gasteiger partial charge in [-0.3, -0.25) is 0 Å². The normalized spacial score (nSPS) is 10.4. The zero-order valence-electron chi connectivity index (χ0n) is 10.1. The van der Waals surface area contributed by atoms with Crippen molar-refractivity contribution in [3.05, 3.63) is 58.6 Å². The summed E-state index contributed by atoms with van der Waals surface area (Å²) in [5, 5.41) is 0.636. The molecule has 0 unspecified atom stereocenters. The highest BCUT2D eigenvalue weighted by atomic mass is 35.5. The van der Waals surface area contributed by atoms with E-state index in [2.05, 4.69) is 13.0 Å². The quantitative estimate of drug-likeness (QED) is 0.678. The molecule has 2 aromatic rings. The molecule has 0 bridgehead atoms. The van der Waals surface area contributed by atoms with Crippen LogP contribution in [-0.4, -0.2) is 0 Å². The van der Waals surface area contributed by atoms with E-state index in [4.69, 9.17) is 27.9 Å². The highest BCUT2D eigenvalue weighted by Crippen LogP contribution is 2.29. The van der Waals surface area contributed by atoms with Crippen molar-refractivity contribution in [1.29, 1.82) is 0 Å². The van der Waals surface area contributed by atoms with Gasteiger partial charge in [0.15, 0.2) is 0 Å².